The van der Waals surface area contributed by atoms with Crippen LogP contribution >= 0.6 is 11.3 Å². The second kappa shape index (κ2) is 6.52. The van der Waals surface area contributed by atoms with Gasteiger partial charge >= 0.3 is 5.97 Å². The van der Waals surface area contributed by atoms with Crippen molar-refractivity contribution in [1.82, 2.24) is 4.90 Å². The molecule has 0 radical (unpaired) electrons. The molecule has 2 rings (SSSR count). The monoisotopic (exact) mass is 322 g/mol. The van der Waals surface area contributed by atoms with Gasteiger partial charge in [-0.05, 0) is 18.6 Å². The summed E-state index contributed by atoms with van der Waals surface area (Å²) in [6.07, 6.45) is 0.648. The van der Waals surface area contributed by atoms with Crippen molar-refractivity contribution in [2.24, 2.45) is 0 Å². The topological polar surface area (TPSA) is 101 Å². The van der Waals surface area contributed by atoms with Crippen LogP contribution in [0.4, 0.5) is 5.69 Å². The minimum absolute atomic E-state index is 0.0414. The number of amides is 1. The number of carbonyl (C=O) groups is 2. The Morgan fingerprint density at radius 3 is 2.68 bits per heavy atom. The highest BCUT2D eigenvalue weighted by atomic mass is 32.1. The first kappa shape index (κ1) is 15.9. The number of rotatable bonds is 6. The Hall–Kier alpha value is -2.48. The highest BCUT2D eigenvalue weighted by Gasteiger charge is 2.20. The Kier molecular flexibility index (Phi) is 4.71. The number of non-ortho nitro benzene ring substituents is 1. The van der Waals surface area contributed by atoms with Crippen molar-refractivity contribution in [2.75, 3.05) is 13.1 Å². The molecule has 1 amide bonds. The van der Waals surface area contributed by atoms with Crippen LogP contribution in [0.2, 0.25) is 0 Å². The molecule has 0 aliphatic heterocycles. The van der Waals surface area contributed by atoms with Crippen LogP contribution in [0.3, 0.4) is 0 Å². The van der Waals surface area contributed by atoms with Crippen LogP contribution in [-0.2, 0) is 4.79 Å². The Bertz CT molecular complexity index is 740. The second-order valence-electron chi connectivity index (χ2n) is 4.71. The fourth-order valence-corrected chi connectivity index (χ4v) is 3.10. The van der Waals surface area contributed by atoms with Gasteiger partial charge in [-0.25, -0.2) is 0 Å². The summed E-state index contributed by atoms with van der Waals surface area (Å²) in [7, 11) is 0. The van der Waals surface area contributed by atoms with E-state index in [1.54, 1.807) is 12.1 Å². The van der Waals surface area contributed by atoms with Crippen molar-refractivity contribution in [3.8, 4) is 0 Å². The van der Waals surface area contributed by atoms with Crippen LogP contribution in [0.1, 0.15) is 23.0 Å². The molecule has 0 unspecified atom stereocenters. The van der Waals surface area contributed by atoms with Crippen LogP contribution in [0.15, 0.2) is 24.3 Å². The zero-order valence-electron chi connectivity index (χ0n) is 11.8. The van der Waals surface area contributed by atoms with E-state index in [4.69, 9.17) is 5.11 Å². The molecular weight excluding hydrogens is 308 g/mol. The van der Waals surface area contributed by atoms with Gasteiger partial charge in [0.1, 0.15) is 6.54 Å². The molecule has 0 fully saturated rings. The Balaban J connectivity index is 2.34. The minimum atomic E-state index is -1.07. The van der Waals surface area contributed by atoms with E-state index >= 15 is 0 Å². The predicted molar refractivity (Wildman–Crippen MR) is 82.3 cm³/mol. The number of nitro groups is 1. The summed E-state index contributed by atoms with van der Waals surface area (Å²) in [5, 5.41) is 20.3. The maximum Gasteiger partial charge on any atom is 0.323 e. The van der Waals surface area contributed by atoms with E-state index in [1.807, 2.05) is 6.92 Å². The normalized spacial score (nSPS) is 10.6. The van der Waals surface area contributed by atoms with Gasteiger partial charge in [-0.1, -0.05) is 6.92 Å². The zero-order chi connectivity index (χ0) is 16.3. The summed E-state index contributed by atoms with van der Waals surface area (Å²) in [6.45, 7) is 1.84. The van der Waals surface area contributed by atoms with E-state index in [0.29, 0.717) is 23.2 Å². The molecule has 8 heteroatoms. The molecular formula is C14H14N2O5S. The van der Waals surface area contributed by atoms with Crippen LogP contribution in [0, 0.1) is 10.1 Å². The van der Waals surface area contributed by atoms with Crippen molar-refractivity contribution in [3.63, 3.8) is 0 Å². The first-order chi connectivity index (χ1) is 10.4. The Labute approximate surface area is 129 Å². The smallest absolute Gasteiger partial charge is 0.323 e. The van der Waals surface area contributed by atoms with Crippen molar-refractivity contribution in [1.29, 1.82) is 0 Å². The van der Waals surface area contributed by atoms with Gasteiger partial charge in [-0.3, -0.25) is 19.7 Å². The van der Waals surface area contributed by atoms with E-state index in [9.17, 15) is 19.7 Å². The summed E-state index contributed by atoms with van der Waals surface area (Å²) in [5.74, 6) is -1.44. The molecule has 22 heavy (non-hydrogen) atoms. The fraction of sp³-hybridized carbons (Fsp3) is 0.286. The highest BCUT2D eigenvalue weighted by molar-refractivity contribution is 7.20. The minimum Gasteiger partial charge on any atom is -0.480 e. The van der Waals surface area contributed by atoms with Gasteiger partial charge in [0.05, 0.1) is 9.80 Å². The molecule has 1 aromatic carbocycles. The number of carboxylic acids is 1. The molecule has 0 saturated carbocycles. The summed E-state index contributed by atoms with van der Waals surface area (Å²) >= 11 is 1.20. The van der Waals surface area contributed by atoms with Crippen molar-refractivity contribution < 1.29 is 19.6 Å². The summed E-state index contributed by atoms with van der Waals surface area (Å²) < 4.78 is 0.751. The Morgan fingerprint density at radius 1 is 1.36 bits per heavy atom. The maximum absolute atomic E-state index is 12.4. The fourth-order valence-electron chi connectivity index (χ4n) is 2.09. The molecule has 0 spiro atoms. The number of nitrogens with zero attached hydrogens (tertiary/aromatic N) is 2. The molecule has 116 valence electrons. The average Bonchev–Trinajstić information content (AvgIpc) is 2.88. The van der Waals surface area contributed by atoms with Gasteiger partial charge in [0, 0.05) is 28.8 Å². The number of hydrogen-bond acceptors (Lipinski definition) is 5. The van der Waals surface area contributed by atoms with E-state index in [0.717, 1.165) is 4.70 Å². The number of thiophene rings is 1. The largest absolute Gasteiger partial charge is 0.480 e. The van der Waals surface area contributed by atoms with Crippen LogP contribution < -0.4 is 0 Å². The number of aliphatic carboxylic acids is 1. The van der Waals surface area contributed by atoms with Crippen LogP contribution in [0.5, 0.6) is 0 Å². The third kappa shape index (κ3) is 3.40. The second-order valence-corrected chi connectivity index (χ2v) is 5.79. The Morgan fingerprint density at radius 2 is 2.09 bits per heavy atom. The lowest BCUT2D eigenvalue weighted by Gasteiger charge is -2.18. The average molecular weight is 322 g/mol. The lowest BCUT2D eigenvalue weighted by atomic mass is 10.2. The molecule has 0 saturated heterocycles. The van der Waals surface area contributed by atoms with Crippen molar-refractivity contribution >= 4 is 39.0 Å². The summed E-state index contributed by atoms with van der Waals surface area (Å²) in [4.78, 5) is 35.2. The van der Waals surface area contributed by atoms with Gasteiger partial charge in [-0.15, -0.1) is 11.3 Å². The van der Waals surface area contributed by atoms with Gasteiger partial charge in [0.25, 0.3) is 11.6 Å². The third-order valence-electron chi connectivity index (χ3n) is 3.03. The van der Waals surface area contributed by atoms with Crippen LogP contribution in [-0.4, -0.2) is 39.9 Å². The van der Waals surface area contributed by atoms with Crippen molar-refractivity contribution in [3.05, 3.63) is 39.3 Å². The molecule has 0 bridgehead atoms. The zero-order valence-corrected chi connectivity index (χ0v) is 12.6. The molecule has 0 aliphatic carbocycles. The highest BCUT2D eigenvalue weighted by Crippen LogP contribution is 2.29. The number of fused-ring (bicyclic) bond motifs is 1. The number of nitro benzene ring substituents is 1. The van der Waals surface area contributed by atoms with E-state index < -0.39 is 10.9 Å². The van der Waals surface area contributed by atoms with E-state index in [2.05, 4.69) is 0 Å². The summed E-state index contributed by atoms with van der Waals surface area (Å²) in [6, 6.07) is 5.95. The predicted octanol–water partition coefficient (Wildman–Crippen LogP) is 2.75. The van der Waals surface area contributed by atoms with Crippen LogP contribution in [0.25, 0.3) is 10.1 Å². The van der Waals surface area contributed by atoms with Gasteiger partial charge in [-0.2, -0.15) is 0 Å². The maximum atomic E-state index is 12.4. The number of benzene rings is 1. The summed E-state index contributed by atoms with van der Waals surface area (Å²) in [5.41, 5.74) is -0.0414. The van der Waals surface area contributed by atoms with Gasteiger partial charge in [0.2, 0.25) is 0 Å². The molecule has 2 aromatic rings. The quantitative estimate of drug-likeness (QED) is 0.651. The molecule has 1 heterocycles. The van der Waals surface area contributed by atoms with E-state index in [-0.39, 0.29) is 18.1 Å². The first-order valence-corrected chi connectivity index (χ1v) is 7.43. The number of carboxylic acid groups (broad SMARTS) is 1. The lowest BCUT2D eigenvalue weighted by molar-refractivity contribution is -0.384. The molecule has 7 nitrogen and oxygen atoms in total. The van der Waals surface area contributed by atoms with Crippen molar-refractivity contribution in [2.45, 2.75) is 13.3 Å². The number of carbonyl (C=O) groups excluding carboxylic acids is 1. The lowest BCUT2D eigenvalue weighted by Crippen LogP contribution is -2.35. The number of hydrogen-bond donors (Lipinski definition) is 1. The molecule has 1 aromatic heterocycles. The standard InChI is InChI=1S/C14H14N2O5S/c1-2-5-15(8-13(17)18)14(19)12-7-9-6-10(16(20)21)3-4-11(9)22-12/h3-4,6-7H,2,5,8H2,1H3,(H,17,18). The van der Waals surface area contributed by atoms with Gasteiger partial charge in [0.15, 0.2) is 0 Å². The molecule has 0 atom stereocenters. The third-order valence-corrected chi connectivity index (χ3v) is 4.13. The van der Waals surface area contributed by atoms with Gasteiger partial charge < -0.3 is 10.0 Å². The van der Waals surface area contributed by atoms with E-state index in [1.165, 1.54) is 28.4 Å². The SMILES string of the molecule is CCCN(CC(=O)O)C(=O)c1cc2cc([N+](=O)[O-])ccc2s1. The first-order valence-electron chi connectivity index (χ1n) is 6.61. The molecule has 0 aliphatic rings. The molecule has 1 N–H and O–H groups in total.